The molecular formula is C16H32IN5O2. The van der Waals surface area contributed by atoms with Gasteiger partial charge in [0.1, 0.15) is 6.54 Å². The number of carbonyl (C=O) groups is 1. The fourth-order valence-corrected chi connectivity index (χ4v) is 2.86. The fraction of sp³-hybridized carbons (Fsp3) is 0.875. The van der Waals surface area contributed by atoms with Crippen molar-refractivity contribution in [1.29, 1.82) is 0 Å². The van der Waals surface area contributed by atoms with Gasteiger partial charge >= 0.3 is 0 Å². The highest BCUT2D eigenvalue weighted by molar-refractivity contribution is 14.0. The number of nitrogens with zero attached hydrogens (tertiary/aromatic N) is 3. The zero-order valence-corrected chi connectivity index (χ0v) is 17.3. The number of halogens is 1. The molecule has 1 aliphatic heterocycles. The Kier molecular flexibility index (Phi) is 10.6. The standard InChI is InChI=1S/C16H31N5O2.HI/c1-20(2)15(22)13-18-16(19-14-5-3-4-6-14)17-7-8-21-9-11-23-12-10-21;/h14H,3-13H2,1-2H3,(H2,17,18,19);1H. The molecule has 2 N–H and O–H groups in total. The Morgan fingerprint density at radius 3 is 2.54 bits per heavy atom. The van der Waals surface area contributed by atoms with Gasteiger partial charge in [-0.2, -0.15) is 0 Å². The maximum atomic E-state index is 11.7. The summed E-state index contributed by atoms with van der Waals surface area (Å²) in [4.78, 5) is 20.2. The van der Waals surface area contributed by atoms with Gasteiger partial charge in [0.2, 0.25) is 5.91 Å². The van der Waals surface area contributed by atoms with Crippen molar-refractivity contribution in [2.75, 3.05) is 60.0 Å². The van der Waals surface area contributed by atoms with Crippen LogP contribution in [0.3, 0.4) is 0 Å². The van der Waals surface area contributed by atoms with Crippen molar-refractivity contribution in [1.82, 2.24) is 20.4 Å². The Balaban J connectivity index is 0.00000288. The number of ether oxygens (including phenoxy) is 1. The molecule has 0 bridgehead atoms. The number of amides is 1. The van der Waals surface area contributed by atoms with E-state index in [-0.39, 0.29) is 36.4 Å². The van der Waals surface area contributed by atoms with Crippen LogP contribution in [0.1, 0.15) is 25.7 Å². The van der Waals surface area contributed by atoms with E-state index in [1.165, 1.54) is 25.7 Å². The Morgan fingerprint density at radius 1 is 1.25 bits per heavy atom. The van der Waals surface area contributed by atoms with Crippen molar-refractivity contribution in [2.24, 2.45) is 4.99 Å². The van der Waals surface area contributed by atoms with E-state index in [1.807, 2.05) is 0 Å². The van der Waals surface area contributed by atoms with E-state index in [0.717, 1.165) is 45.4 Å². The van der Waals surface area contributed by atoms with Crippen LogP contribution < -0.4 is 10.6 Å². The van der Waals surface area contributed by atoms with Crippen LogP contribution in [-0.4, -0.2) is 87.7 Å². The number of guanidine groups is 1. The van der Waals surface area contributed by atoms with Gasteiger partial charge in [0.25, 0.3) is 0 Å². The summed E-state index contributed by atoms with van der Waals surface area (Å²) >= 11 is 0. The zero-order chi connectivity index (χ0) is 16.5. The summed E-state index contributed by atoms with van der Waals surface area (Å²) in [6, 6.07) is 0.485. The van der Waals surface area contributed by atoms with Crippen LogP contribution in [0, 0.1) is 0 Å². The van der Waals surface area contributed by atoms with Crippen molar-refractivity contribution < 1.29 is 9.53 Å². The van der Waals surface area contributed by atoms with Crippen molar-refractivity contribution in [3.8, 4) is 0 Å². The highest BCUT2D eigenvalue weighted by atomic mass is 127. The van der Waals surface area contributed by atoms with Crippen molar-refractivity contribution in [3.63, 3.8) is 0 Å². The number of nitrogens with one attached hydrogen (secondary N) is 2. The van der Waals surface area contributed by atoms with E-state index in [0.29, 0.717) is 6.04 Å². The first-order valence-corrected chi connectivity index (χ1v) is 8.70. The molecule has 1 amide bonds. The van der Waals surface area contributed by atoms with Crippen LogP contribution in [0.4, 0.5) is 0 Å². The number of hydrogen-bond acceptors (Lipinski definition) is 4. The summed E-state index contributed by atoms with van der Waals surface area (Å²) in [6.07, 6.45) is 4.92. The van der Waals surface area contributed by atoms with Crippen LogP contribution in [0.2, 0.25) is 0 Å². The molecule has 0 atom stereocenters. The van der Waals surface area contributed by atoms with Gasteiger partial charge in [-0.15, -0.1) is 24.0 Å². The fourth-order valence-electron chi connectivity index (χ4n) is 2.86. The van der Waals surface area contributed by atoms with Crippen LogP contribution in [0.5, 0.6) is 0 Å². The molecule has 0 aromatic rings. The second kappa shape index (κ2) is 11.9. The summed E-state index contributed by atoms with van der Waals surface area (Å²) in [6.45, 7) is 5.60. The topological polar surface area (TPSA) is 69.2 Å². The number of carbonyl (C=O) groups excluding carboxylic acids is 1. The van der Waals surface area contributed by atoms with Gasteiger partial charge in [0, 0.05) is 46.3 Å². The first-order valence-electron chi connectivity index (χ1n) is 8.70. The molecule has 8 heteroatoms. The Morgan fingerprint density at radius 2 is 1.92 bits per heavy atom. The Bertz CT molecular complexity index is 394. The average molecular weight is 453 g/mol. The summed E-state index contributed by atoms with van der Waals surface area (Å²) < 4.78 is 5.36. The summed E-state index contributed by atoms with van der Waals surface area (Å²) in [5, 5.41) is 6.85. The first kappa shape index (κ1) is 21.4. The quantitative estimate of drug-likeness (QED) is 0.349. The minimum atomic E-state index is 0. The normalized spacial score (nSPS) is 19.7. The van der Waals surface area contributed by atoms with Gasteiger partial charge in [-0.1, -0.05) is 12.8 Å². The molecule has 1 aliphatic carbocycles. The largest absolute Gasteiger partial charge is 0.379 e. The molecular weight excluding hydrogens is 421 g/mol. The Hall–Kier alpha value is -0.610. The third kappa shape index (κ3) is 7.98. The predicted octanol–water partition coefficient (Wildman–Crippen LogP) is 0.503. The van der Waals surface area contributed by atoms with Gasteiger partial charge in [0.15, 0.2) is 5.96 Å². The number of aliphatic imine (C=N–C) groups is 1. The van der Waals surface area contributed by atoms with Crippen LogP contribution >= 0.6 is 24.0 Å². The molecule has 24 heavy (non-hydrogen) atoms. The lowest BCUT2D eigenvalue weighted by Gasteiger charge is -2.27. The second-order valence-corrected chi connectivity index (χ2v) is 6.46. The maximum absolute atomic E-state index is 11.7. The molecule has 1 saturated carbocycles. The molecule has 2 aliphatic rings. The third-order valence-corrected chi connectivity index (χ3v) is 4.39. The second-order valence-electron chi connectivity index (χ2n) is 6.46. The molecule has 0 aromatic carbocycles. The predicted molar refractivity (Wildman–Crippen MR) is 107 cm³/mol. The zero-order valence-electron chi connectivity index (χ0n) is 14.9. The van der Waals surface area contributed by atoms with E-state index in [2.05, 4.69) is 20.5 Å². The lowest BCUT2D eigenvalue weighted by molar-refractivity contribution is -0.127. The SMILES string of the molecule is CN(C)C(=O)CN=C(NCCN1CCOCC1)NC1CCCC1.I. The molecule has 1 saturated heterocycles. The lowest BCUT2D eigenvalue weighted by atomic mass is 10.2. The van der Waals surface area contributed by atoms with Crippen molar-refractivity contribution >= 4 is 35.8 Å². The van der Waals surface area contributed by atoms with Gasteiger partial charge in [-0.3, -0.25) is 9.69 Å². The summed E-state index contributed by atoms with van der Waals surface area (Å²) in [5.41, 5.74) is 0. The van der Waals surface area contributed by atoms with Crippen molar-refractivity contribution in [3.05, 3.63) is 0 Å². The molecule has 0 spiro atoms. The highest BCUT2D eigenvalue weighted by Crippen LogP contribution is 2.17. The monoisotopic (exact) mass is 453 g/mol. The van der Waals surface area contributed by atoms with Gasteiger partial charge in [0.05, 0.1) is 13.2 Å². The first-order chi connectivity index (χ1) is 11.1. The Labute approximate surface area is 162 Å². The molecule has 1 heterocycles. The molecule has 0 radical (unpaired) electrons. The lowest BCUT2D eigenvalue weighted by Crippen LogP contribution is -2.47. The molecule has 2 fully saturated rings. The molecule has 2 rings (SSSR count). The number of morpholine rings is 1. The third-order valence-electron chi connectivity index (χ3n) is 4.39. The van der Waals surface area contributed by atoms with E-state index < -0.39 is 0 Å². The summed E-state index contributed by atoms with van der Waals surface area (Å²) in [5.74, 6) is 0.783. The number of rotatable bonds is 6. The van der Waals surface area contributed by atoms with Gasteiger partial charge in [-0.25, -0.2) is 4.99 Å². The van der Waals surface area contributed by atoms with Gasteiger partial charge in [-0.05, 0) is 12.8 Å². The highest BCUT2D eigenvalue weighted by Gasteiger charge is 2.17. The van der Waals surface area contributed by atoms with Crippen LogP contribution in [0.25, 0.3) is 0 Å². The average Bonchev–Trinajstić information content (AvgIpc) is 3.06. The van der Waals surface area contributed by atoms with Crippen molar-refractivity contribution in [2.45, 2.75) is 31.7 Å². The minimum Gasteiger partial charge on any atom is -0.379 e. The summed E-state index contributed by atoms with van der Waals surface area (Å²) in [7, 11) is 3.52. The van der Waals surface area contributed by atoms with E-state index in [9.17, 15) is 4.79 Å². The van der Waals surface area contributed by atoms with E-state index in [4.69, 9.17) is 4.74 Å². The number of likely N-dealkylation sites (N-methyl/N-ethyl adjacent to an activating group) is 1. The molecule has 0 unspecified atom stereocenters. The van der Waals surface area contributed by atoms with E-state index in [1.54, 1.807) is 19.0 Å². The maximum Gasteiger partial charge on any atom is 0.243 e. The minimum absolute atomic E-state index is 0. The number of hydrogen-bond donors (Lipinski definition) is 2. The molecule has 7 nitrogen and oxygen atoms in total. The van der Waals surface area contributed by atoms with Gasteiger partial charge < -0.3 is 20.3 Å². The molecule has 0 aromatic heterocycles. The van der Waals surface area contributed by atoms with Crippen LogP contribution in [0.15, 0.2) is 4.99 Å². The van der Waals surface area contributed by atoms with E-state index >= 15 is 0 Å². The smallest absolute Gasteiger partial charge is 0.243 e. The molecule has 140 valence electrons. The van der Waals surface area contributed by atoms with Crippen LogP contribution in [-0.2, 0) is 9.53 Å².